The molecule has 0 bridgehead atoms. The van der Waals surface area contributed by atoms with E-state index >= 15 is 0 Å². The first-order valence-electron chi connectivity index (χ1n) is 6.24. The van der Waals surface area contributed by atoms with Crippen molar-refractivity contribution < 1.29 is 9.53 Å². The third-order valence-electron chi connectivity index (χ3n) is 3.49. The molecule has 0 aromatic rings. The Bertz CT molecular complexity index is 268. The highest BCUT2D eigenvalue weighted by atomic mass is 16.5. The number of hydrogen-bond acceptors (Lipinski definition) is 4. The molecule has 0 aromatic heterocycles. The number of rotatable bonds is 1. The van der Waals surface area contributed by atoms with E-state index in [9.17, 15) is 4.79 Å². The third kappa shape index (κ3) is 2.88. The second kappa shape index (κ2) is 5.66. The Morgan fingerprint density at radius 2 is 2.00 bits per heavy atom. The summed E-state index contributed by atoms with van der Waals surface area (Å²) < 4.78 is 5.26. The van der Waals surface area contributed by atoms with Gasteiger partial charge in [-0.15, -0.1) is 0 Å². The second-order valence-electron chi connectivity index (χ2n) is 4.73. The Hall–Kier alpha value is -0.850. The Labute approximate surface area is 102 Å². The number of amides is 2. The molecule has 0 saturated carbocycles. The molecule has 2 fully saturated rings. The number of ether oxygens (including phenoxy) is 1. The number of piperazine rings is 1. The zero-order chi connectivity index (χ0) is 12.3. The molecule has 0 spiro atoms. The highest BCUT2D eigenvalue weighted by Gasteiger charge is 2.31. The van der Waals surface area contributed by atoms with Crippen molar-refractivity contribution in [3.05, 3.63) is 0 Å². The highest BCUT2D eigenvalue weighted by Crippen LogP contribution is 2.12. The van der Waals surface area contributed by atoms with E-state index in [2.05, 4.69) is 11.9 Å². The number of hydrogen-bond donors (Lipinski definition) is 1. The van der Waals surface area contributed by atoms with Gasteiger partial charge in [-0.1, -0.05) is 0 Å². The van der Waals surface area contributed by atoms with Crippen LogP contribution >= 0.6 is 0 Å². The summed E-state index contributed by atoms with van der Waals surface area (Å²) in [6.45, 7) is 5.78. The summed E-state index contributed by atoms with van der Waals surface area (Å²) in [5, 5.41) is 0. The summed E-state index contributed by atoms with van der Waals surface area (Å²) in [6.07, 6.45) is 0. The first kappa shape index (κ1) is 12.6. The Kier molecular flexibility index (Phi) is 4.20. The van der Waals surface area contributed by atoms with Crippen molar-refractivity contribution in [2.24, 2.45) is 5.73 Å². The van der Waals surface area contributed by atoms with E-state index in [0.29, 0.717) is 32.8 Å². The van der Waals surface area contributed by atoms with Gasteiger partial charge in [0.1, 0.15) is 0 Å². The van der Waals surface area contributed by atoms with Gasteiger partial charge in [0.2, 0.25) is 0 Å². The Balaban J connectivity index is 1.96. The van der Waals surface area contributed by atoms with Gasteiger partial charge in [-0.25, -0.2) is 4.79 Å². The van der Waals surface area contributed by atoms with Crippen LogP contribution in [-0.4, -0.2) is 86.3 Å². The van der Waals surface area contributed by atoms with Gasteiger partial charge in [-0.05, 0) is 7.05 Å². The summed E-state index contributed by atoms with van der Waals surface area (Å²) in [5.41, 5.74) is 5.76. The van der Waals surface area contributed by atoms with Crippen molar-refractivity contribution in [3.63, 3.8) is 0 Å². The second-order valence-corrected chi connectivity index (χ2v) is 4.73. The van der Waals surface area contributed by atoms with Crippen molar-refractivity contribution in [3.8, 4) is 0 Å². The quantitative estimate of drug-likeness (QED) is 0.641. The van der Waals surface area contributed by atoms with E-state index < -0.39 is 0 Å². The molecule has 17 heavy (non-hydrogen) atoms. The molecule has 2 aliphatic rings. The molecule has 2 rings (SSSR count). The van der Waals surface area contributed by atoms with Gasteiger partial charge in [0.05, 0.1) is 19.3 Å². The fourth-order valence-electron chi connectivity index (χ4n) is 2.40. The molecule has 0 aromatic carbocycles. The molecule has 2 aliphatic heterocycles. The largest absolute Gasteiger partial charge is 0.378 e. The first-order chi connectivity index (χ1) is 8.22. The summed E-state index contributed by atoms with van der Waals surface area (Å²) in [4.78, 5) is 18.4. The van der Waals surface area contributed by atoms with E-state index in [4.69, 9.17) is 10.5 Å². The zero-order valence-corrected chi connectivity index (χ0v) is 10.5. The molecule has 98 valence electrons. The Morgan fingerprint density at radius 3 is 2.65 bits per heavy atom. The van der Waals surface area contributed by atoms with Gasteiger partial charge >= 0.3 is 6.03 Å². The summed E-state index contributed by atoms with van der Waals surface area (Å²) >= 11 is 0. The van der Waals surface area contributed by atoms with Crippen LogP contribution in [0, 0.1) is 0 Å². The van der Waals surface area contributed by atoms with Crippen molar-refractivity contribution in [2.45, 2.75) is 6.04 Å². The maximum Gasteiger partial charge on any atom is 0.320 e. The van der Waals surface area contributed by atoms with Crippen LogP contribution in [-0.2, 0) is 4.74 Å². The van der Waals surface area contributed by atoms with Crippen LogP contribution in [0.15, 0.2) is 0 Å². The van der Waals surface area contributed by atoms with E-state index in [1.54, 1.807) is 0 Å². The number of nitrogens with two attached hydrogens (primary N) is 1. The van der Waals surface area contributed by atoms with Crippen molar-refractivity contribution in [1.82, 2.24) is 14.7 Å². The number of carbonyl (C=O) groups is 1. The van der Waals surface area contributed by atoms with Crippen molar-refractivity contribution in [2.75, 3.05) is 59.5 Å². The smallest absolute Gasteiger partial charge is 0.320 e. The average Bonchev–Trinajstić information content (AvgIpc) is 2.39. The number of urea groups is 1. The fourth-order valence-corrected chi connectivity index (χ4v) is 2.40. The lowest BCUT2D eigenvalue weighted by atomic mass is 10.2. The molecule has 2 N–H and O–H groups in total. The molecule has 2 amide bonds. The first-order valence-corrected chi connectivity index (χ1v) is 6.24. The molecule has 1 unspecified atom stereocenters. The number of morpholine rings is 1. The van der Waals surface area contributed by atoms with E-state index in [0.717, 1.165) is 19.6 Å². The minimum absolute atomic E-state index is 0.122. The summed E-state index contributed by atoms with van der Waals surface area (Å²) in [7, 11) is 2.07. The number of carbonyl (C=O) groups excluding carboxylic acids is 1. The van der Waals surface area contributed by atoms with Crippen LogP contribution in [0.2, 0.25) is 0 Å². The Morgan fingerprint density at radius 1 is 1.29 bits per heavy atom. The average molecular weight is 242 g/mol. The minimum Gasteiger partial charge on any atom is -0.378 e. The topological polar surface area (TPSA) is 62.0 Å². The van der Waals surface area contributed by atoms with Gasteiger partial charge in [0.25, 0.3) is 0 Å². The lowest BCUT2D eigenvalue weighted by Gasteiger charge is -2.42. The zero-order valence-electron chi connectivity index (χ0n) is 10.5. The summed E-state index contributed by atoms with van der Waals surface area (Å²) in [6, 6.07) is 0.265. The van der Waals surface area contributed by atoms with E-state index in [-0.39, 0.29) is 12.1 Å². The van der Waals surface area contributed by atoms with E-state index in [1.807, 2.05) is 9.80 Å². The van der Waals surface area contributed by atoms with Crippen molar-refractivity contribution in [1.29, 1.82) is 0 Å². The maximum absolute atomic E-state index is 12.4. The molecule has 6 heteroatoms. The predicted octanol–water partition coefficient (Wildman–Crippen LogP) is -0.987. The van der Waals surface area contributed by atoms with Crippen LogP contribution in [0.4, 0.5) is 4.79 Å². The molecule has 0 aliphatic carbocycles. The van der Waals surface area contributed by atoms with Gasteiger partial charge in [-0.2, -0.15) is 0 Å². The molecule has 1 atom stereocenters. The normalized spacial score (nSPS) is 27.3. The maximum atomic E-state index is 12.4. The summed E-state index contributed by atoms with van der Waals surface area (Å²) in [5.74, 6) is 0. The molecule has 6 nitrogen and oxygen atoms in total. The molecule has 0 radical (unpaired) electrons. The van der Waals surface area contributed by atoms with Crippen LogP contribution < -0.4 is 5.73 Å². The van der Waals surface area contributed by atoms with Gasteiger partial charge in [0.15, 0.2) is 0 Å². The van der Waals surface area contributed by atoms with Gasteiger partial charge in [0, 0.05) is 39.3 Å². The van der Waals surface area contributed by atoms with Crippen LogP contribution in [0.5, 0.6) is 0 Å². The van der Waals surface area contributed by atoms with Gasteiger partial charge in [-0.3, -0.25) is 0 Å². The highest BCUT2D eigenvalue weighted by molar-refractivity contribution is 5.75. The van der Waals surface area contributed by atoms with Crippen LogP contribution in [0.3, 0.4) is 0 Å². The number of likely N-dealkylation sites (N-methyl/N-ethyl adjacent to an activating group) is 1. The van der Waals surface area contributed by atoms with Crippen molar-refractivity contribution >= 4 is 6.03 Å². The van der Waals surface area contributed by atoms with Crippen LogP contribution in [0.25, 0.3) is 0 Å². The predicted molar refractivity (Wildman–Crippen MR) is 64.8 cm³/mol. The standard InChI is InChI=1S/C11H22N4O2/c1-13-2-3-15(10(8-12)9-13)11(16)14-4-6-17-7-5-14/h10H,2-9,12H2,1H3. The molecular weight excluding hydrogens is 220 g/mol. The molecule has 2 heterocycles. The lowest BCUT2D eigenvalue weighted by Crippen LogP contribution is -2.60. The SMILES string of the molecule is CN1CCN(C(=O)N2CCOCC2)C(CN)C1. The molecular formula is C11H22N4O2. The van der Waals surface area contributed by atoms with Crippen LogP contribution in [0.1, 0.15) is 0 Å². The monoisotopic (exact) mass is 242 g/mol. The minimum atomic E-state index is 0.122. The third-order valence-corrected chi connectivity index (χ3v) is 3.49. The fraction of sp³-hybridized carbons (Fsp3) is 0.909. The number of nitrogens with zero attached hydrogens (tertiary/aromatic N) is 3. The van der Waals surface area contributed by atoms with Gasteiger partial charge < -0.3 is 25.2 Å². The molecule has 2 saturated heterocycles. The van der Waals surface area contributed by atoms with E-state index in [1.165, 1.54) is 0 Å². The lowest BCUT2D eigenvalue weighted by molar-refractivity contribution is 0.0305.